The maximum absolute atomic E-state index is 12.9. The molecule has 6 nitrogen and oxygen atoms in total. The van der Waals surface area contributed by atoms with Crippen molar-refractivity contribution in [1.82, 2.24) is 14.5 Å². The van der Waals surface area contributed by atoms with E-state index in [-0.39, 0.29) is 24.1 Å². The average molecular weight is 438 g/mol. The Morgan fingerprint density at radius 1 is 1.25 bits per heavy atom. The molecule has 0 aromatic heterocycles. The van der Waals surface area contributed by atoms with E-state index in [4.69, 9.17) is 17.0 Å². The summed E-state index contributed by atoms with van der Waals surface area (Å²) in [6, 6.07) is 3.82. The third-order valence-corrected chi connectivity index (χ3v) is 7.13. The first-order chi connectivity index (χ1) is 13.2. The van der Waals surface area contributed by atoms with Gasteiger partial charge >= 0.3 is 6.18 Å². The minimum atomic E-state index is -4.59. The van der Waals surface area contributed by atoms with E-state index in [1.54, 1.807) is 0 Å². The average Bonchev–Trinajstić information content (AvgIpc) is 3.19. The van der Waals surface area contributed by atoms with Crippen LogP contribution in [0.1, 0.15) is 18.4 Å². The topological polar surface area (TPSA) is 61.9 Å². The molecule has 0 spiro atoms. The van der Waals surface area contributed by atoms with Crippen LogP contribution in [0.3, 0.4) is 0 Å². The molecule has 0 aliphatic carbocycles. The van der Waals surface area contributed by atoms with Gasteiger partial charge in [0.05, 0.1) is 16.6 Å². The summed E-state index contributed by atoms with van der Waals surface area (Å²) >= 11 is 5.36. The predicted molar refractivity (Wildman–Crippen MR) is 101 cm³/mol. The predicted octanol–water partition coefficient (Wildman–Crippen LogP) is 2.07. The van der Waals surface area contributed by atoms with E-state index < -0.39 is 21.8 Å². The Morgan fingerprint density at radius 3 is 2.57 bits per heavy atom. The van der Waals surface area contributed by atoms with Crippen molar-refractivity contribution in [1.29, 1.82) is 0 Å². The van der Waals surface area contributed by atoms with Gasteiger partial charge in [0, 0.05) is 39.3 Å². The molecule has 0 radical (unpaired) electrons. The van der Waals surface area contributed by atoms with E-state index in [1.165, 1.54) is 10.4 Å². The molecular weight excluding hydrogens is 415 g/mol. The molecule has 0 bridgehead atoms. The number of piperazine rings is 1. The summed E-state index contributed by atoms with van der Waals surface area (Å²) in [7, 11) is -4.00. The number of thiocarbonyl (C=S) groups is 1. The Morgan fingerprint density at radius 2 is 1.96 bits per heavy atom. The number of sulfonamides is 1. The lowest BCUT2D eigenvalue weighted by Crippen LogP contribution is -2.53. The van der Waals surface area contributed by atoms with Gasteiger partial charge in [-0.3, -0.25) is 0 Å². The summed E-state index contributed by atoms with van der Waals surface area (Å²) in [5.74, 6) is 0. The van der Waals surface area contributed by atoms with Gasteiger partial charge in [-0.1, -0.05) is 6.07 Å². The number of hydrogen-bond acceptors (Lipinski definition) is 4. The summed E-state index contributed by atoms with van der Waals surface area (Å²) in [6.07, 6.45) is -2.44. The first-order valence-corrected chi connectivity index (χ1v) is 10.8. The lowest BCUT2D eigenvalue weighted by molar-refractivity contribution is -0.137. The molecule has 156 valence electrons. The molecule has 2 saturated heterocycles. The van der Waals surface area contributed by atoms with Gasteiger partial charge in [-0.15, -0.1) is 0 Å². The molecule has 2 fully saturated rings. The van der Waals surface area contributed by atoms with Gasteiger partial charge in [0.1, 0.15) is 0 Å². The van der Waals surface area contributed by atoms with E-state index in [0.717, 1.165) is 31.6 Å². The number of benzene rings is 1. The van der Waals surface area contributed by atoms with Crippen molar-refractivity contribution in [2.45, 2.75) is 30.0 Å². The maximum atomic E-state index is 12.9. The molecule has 3 rings (SSSR count). The highest BCUT2D eigenvalue weighted by Gasteiger charge is 2.34. The third-order valence-electron chi connectivity index (χ3n) is 4.83. The number of halogens is 3. The summed E-state index contributed by atoms with van der Waals surface area (Å²) in [5.41, 5.74) is -0.980. The normalized spacial score (nSPS) is 21.7. The summed E-state index contributed by atoms with van der Waals surface area (Å²) in [4.78, 5) is 1.51. The van der Waals surface area contributed by atoms with Crippen molar-refractivity contribution >= 4 is 27.4 Å². The fraction of sp³-hybridized carbons (Fsp3) is 0.588. The highest BCUT2D eigenvalue weighted by molar-refractivity contribution is 7.89. The quantitative estimate of drug-likeness (QED) is 0.728. The van der Waals surface area contributed by atoms with Crippen LogP contribution < -0.4 is 5.32 Å². The molecule has 28 heavy (non-hydrogen) atoms. The highest BCUT2D eigenvalue weighted by Crippen LogP contribution is 2.31. The smallest absolute Gasteiger partial charge is 0.376 e. The van der Waals surface area contributed by atoms with Gasteiger partial charge < -0.3 is 15.0 Å². The molecule has 0 saturated carbocycles. The lowest BCUT2D eigenvalue weighted by Gasteiger charge is -2.35. The molecule has 1 unspecified atom stereocenters. The van der Waals surface area contributed by atoms with Crippen LogP contribution in [-0.2, 0) is 20.9 Å². The molecular formula is C17H22F3N3O3S2. The first-order valence-electron chi connectivity index (χ1n) is 9.00. The monoisotopic (exact) mass is 437 g/mol. The van der Waals surface area contributed by atoms with Gasteiger partial charge in [0.25, 0.3) is 0 Å². The van der Waals surface area contributed by atoms with Crippen molar-refractivity contribution in [3.05, 3.63) is 29.8 Å². The zero-order valence-corrected chi connectivity index (χ0v) is 16.7. The standard InChI is InChI=1S/C17H22F3N3O3S2/c18-17(19,20)13-3-1-5-15(11-13)28(24,25)23-8-6-22(7-9-23)16(27)21-12-14-4-2-10-26-14/h1,3,5,11,14H,2,4,6-10,12H2,(H,21,27). The molecule has 2 heterocycles. The molecule has 2 aliphatic heterocycles. The van der Waals surface area contributed by atoms with Crippen LogP contribution in [0.5, 0.6) is 0 Å². The summed E-state index contributed by atoms with van der Waals surface area (Å²) in [6.45, 7) is 2.42. The minimum absolute atomic E-state index is 0.139. The van der Waals surface area contributed by atoms with Gasteiger partial charge in [0.2, 0.25) is 10.0 Å². The SMILES string of the molecule is O=S(=O)(c1cccc(C(F)(F)F)c1)N1CCN(C(=S)NCC2CCCO2)CC1. The fourth-order valence-corrected chi connectivity index (χ4v) is 4.97. The number of nitrogens with one attached hydrogen (secondary N) is 1. The van der Waals surface area contributed by atoms with Gasteiger partial charge in [0.15, 0.2) is 5.11 Å². The molecule has 2 aliphatic rings. The number of hydrogen-bond donors (Lipinski definition) is 1. The zero-order chi connectivity index (χ0) is 20.4. The summed E-state index contributed by atoms with van der Waals surface area (Å²) < 4.78 is 70.8. The van der Waals surface area contributed by atoms with Gasteiger partial charge in [-0.05, 0) is 43.3 Å². The molecule has 1 atom stereocenters. The van der Waals surface area contributed by atoms with Gasteiger partial charge in [-0.2, -0.15) is 17.5 Å². The van der Waals surface area contributed by atoms with E-state index in [2.05, 4.69) is 5.32 Å². The molecule has 11 heteroatoms. The largest absolute Gasteiger partial charge is 0.416 e. The second-order valence-electron chi connectivity index (χ2n) is 6.74. The molecule has 1 N–H and O–H groups in total. The summed E-state index contributed by atoms with van der Waals surface area (Å²) in [5, 5.41) is 3.68. The number of rotatable bonds is 4. The van der Waals surface area contributed by atoms with Crippen LogP contribution in [0, 0.1) is 0 Å². The van der Waals surface area contributed by atoms with E-state index in [9.17, 15) is 21.6 Å². The maximum Gasteiger partial charge on any atom is 0.416 e. The van der Waals surface area contributed by atoms with Crippen LogP contribution >= 0.6 is 12.2 Å². The number of alkyl halides is 3. The van der Waals surface area contributed by atoms with Crippen LogP contribution in [0.4, 0.5) is 13.2 Å². The van der Waals surface area contributed by atoms with Crippen LogP contribution in [0.15, 0.2) is 29.2 Å². The molecule has 1 aromatic carbocycles. The van der Waals surface area contributed by atoms with Crippen molar-refractivity contribution in [3.8, 4) is 0 Å². The fourth-order valence-electron chi connectivity index (χ4n) is 3.23. The van der Waals surface area contributed by atoms with Crippen molar-refractivity contribution in [2.75, 3.05) is 39.3 Å². The van der Waals surface area contributed by atoms with E-state index in [1.807, 2.05) is 4.90 Å². The Labute approximate surface area is 167 Å². The van der Waals surface area contributed by atoms with Crippen molar-refractivity contribution in [3.63, 3.8) is 0 Å². The Balaban J connectivity index is 1.58. The van der Waals surface area contributed by atoms with Crippen LogP contribution in [-0.4, -0.2) is 68.2 Å². The minimum Gasteiger partial charge on any atom is -0.376 e. The molecule has 0 amide bonds. The molecule has 1 aromatic rings. The Hall–Kier alpha value is -1.43. The second-order valence-corrected chi connectivity index (χ2v) is 9.06. The van der Waals surface area contributed by atoms with Crippen LogP contribution in [0.2, 0.25) is 0 Å². The second kappa shape index (κ2) is 8.52. The lowest BCUT2D eigenvalue weighted by atomic mass is 10.2. The number of nitrogens with zero attached hydrogens (tertiary/aromatic N) is 2. The van der Waals surface area contributed by atoms with E-state index >= 15 is 0 Å². The van der Waals surface area contributed by atoms with Crippen LogP contribution in [0.25, 0.3) is 0 Å². The van der Waals surface area contributed by atoms with E-state index in [0.29, 0.717) is 30.8 Å². The first kappa shape index (κ1) is 21.3. The van der Waals surface area contributed by atoms with Crippen molar-refractivity contribution in [2.24, 2.45) is 0 Å². The van der Waals surface area contributed by atoms with Gasteiger partial charge in [-0.25, -0.2) is 8.42 Å². The highest BCUT2D eigenvalue weighted by atomic mass is 32.2. The Kier molecular flexibility index (Phi) is 6.47. The van der Waals surface area contributed by atoms with Crippen molar-refractivity contribution < 1.29 is 26.3 Å². The zero-order valence-electron chi connectivity index (χ0n) is 15.1. The Bertz CT molecular complexity index is 803. The number of ether oxygens (including phenoxy) is 1. The third kappa shape index (κ3) is 4.94.